The van der Waals surface area contributed by atoms with Crippen LogP contribution in [0.15, 0.2) is 24.3 Å². The van der Waals surface area contributed by atoms with Gasteiger partial charge in [0.05, 0.1) is 12.5 Å². The van der Waals surface area contributed by atoms with Gasteiger partial charge >= 0.3 is 0 Å². The molecule has 25 heavy (non-hydrogen) atoms. The third-order valence-corrected chi connectivity index (χ3v) is 5.55. The highest BCUT2D eigenvalue weighted by Gasteiger charge is 2.42. The van der Waals surface area contributed by atoms with Gasteiger partial charge in [-0.3, -0.25) is 9.59 Å². The van der Waals surface area contributed by atoms with Crippen molar-refractivity contribution in [3.05, 3.63) is 34.9 Å². The van der Waals surface area contributed by atoms with Crippen LogP contribution >= 0.6 is 24.0 Å². The van der Waals surface area contributed by atoms with Crippen molar-refractivity contribution in [1.82, 2.24) is 10.2 Å². The topological polar surface area (TPSA) is 75.4 Å². The number of fused-ring (bicyclic) bond motifs is 1. The Kier molecular flexibility index (Phi) is 6.72. The maximum Gasteiger partial charge on any atom is 0.225 e. The van der Waals surface area contributed by atoms with Crippen molar-refractivity contribution in [2.45, 2.75) is 38.3 Å². The molecule has 1 aromatic carbocycles. The van der Waals surface area contributed by atoms with Gasteiger partial charge in [0.1, 0.15) is 0 Å². The summed E-state index contributed by atoms with van der Waals surface area (Å²) in [5.74, 6) is 0.899. The Bertz CT molecular complexity index is 623. The predicted octanol–water partition coefficient (Wildman–Crippen LogP) is 2.52. The average molecular weight is 386 g/mol. The molecule has 3 rings (SSSR count). The van der Waals surface area contributed by atoms with Crippen LogP contribution in [0.1, 0.15) is 37.8 Å². The highest BCUT2D eigenvalue weighted by Crippen LogP contribution is 2.37. The van der Waals surface area contributed by atoms with Crippen molar-refractivity contribution in [2.75, 3.05) is 13.1 Å². The van der Waals surface area contributed by atoms with E-state index in [1.54, 1.807) is 12.1 Å². The Morgan fingerprint density at radius 3 is 2.56 bits per heavy atom. The summed E-state index contributed by atoms with van der Waals surface area (Å²) in [6, 6.07) is 7.14. The van der Waals surface area contributed by atoms with E-state index in [-0.39, 0.29) is 42.7 Å². The van der Waals surface area contributed by atoms with Gasteiger partial charge in [0.15, 0.2) is 0 Å². The fourth-order valence-corrected chi connectivity index (χ4v) is 4.13. The summed E-state index contributed by atoms with van der Waals surface area (Å²) in [6.07, 6.45) is 2.44. The normalized spacial score (nSPS) is 25.9. The molecule has 1 aliphatic heterocycles. The average Bonchev–Trinajstić information content (AvgIpc) is 3.09. The first kappa shape index (κ1) is 20.0. The fraction of sp³-hybridized carbons (Fsp3) is 0.556. The Morgan fingerprint density at radius 1 is 1.28 bits per heavy atom. The molecule has 138 valence electrons. The number of rotatable bonds is 4. The third kappa shape index (κ3) is 4.66. The summed E-state index contributed by atoms with van der Waals surface area (Å²) in [5, 5.41) is 3.51. The molecule has 0 bridgehead atoms. The minimum Gasteiger partial charge on any atom is -0.349 e. The number of hydrogen-bond acceptors (Lipinski definition) is 3. The van der Waals surface area contributed by atoms with Gasteiger partial charge in [0, 0.05) is 31.1 Å². The minimum atomic E-state index is -0.332. The molecule has 0 aromatic heterocycles. The molecule has 3 N–H and O–H groups in total. The standard InChI is InChI=1S/C18H24ClN3O2.ClH/c1-11(23)21-17(12-2-5-14(19)6-3-12)8-18(24)22-9-13-4-7-16(20)15(13)10-22;/h2-3,5-6,13,15-17H,4,7-10,20H2,1H3,(H,21,23);1H. The maximum absolute atomic E-state index is 12.7. The molecule has 2 fully saturated rings. The lowest BCUT2D eigenvalue weighted by molar-refractivity contribution is -0.131. The van der Waals surface area contributed by atoms with E-state index in [0.29, 0.717) is 16.9 Å². The molecule has 2 aliphatic rings. The van der Waals surface area contributed by atoms with Gasteiger partial charge in [-0.15, -0.1) is 12.4 Å². The summed E-state index contributed by atoms with van der Waals surface area (Å²) in [7, 11) is 0. The fourth-order valence-electron chi connectivity index (χ4n) is 4.01. The van der Waals surface area contributed by atoms with Crippen LogP contribution in [0.4, 0.5) is 0 Å². The summed E-state index contributed by atoms with van der Waals surface area (Å²) < 4.78 is 0. The van der Waals surface area contributed by atoms with Crippen LogP contribution in [-0.4, -0.2) is 35.8 Å². The number of carbonyl (C=O) groups excluding carboxylic acids is 2. The summed E-state index contributed by atoms with van der Waals surface area (Å²) in [4.78, 5) is 26.2. The first-order valence-electron chi connectivity index (χ1n) is 8.50. The van der Waals surface area contributed by atoms with Crippen molar-refractivity contribution in [1.29, 1.82) is 0 Å². The Hall–Kier alpha value is -1.30. The second kappa shape index (κ2) is 8.39. The van der Waals surface area contributed by atoms with Crippen LogP contribution in [0.2, 0.25) is 5.02 Å². The lowest BCUT2D eigenvalue weighted by Crippen LogP contribution is -2.36. The van der Waals surface area contributed by atoms with Gasteiger partial charge in [-0.05, 0) is 42.4 Å². The minimum absolute atomic E-state index is 0. The number of amides is 2. The summed E-state index contributed by atoms with van der Waals surface area (Å²) in [6.45, 7) is 3.01. The Balaban J connectivity index is 0.00000225. The lowest BCUT2D eigenvalue weighted by Gasteiger charge is -2.23. The maximum atomic E-state index is 12.7. The Labute approximate surface area is 159 Å². The van der Waals surface area contributed by atoms with Gasteiger partial charge in [-0.2, -0.15) is 0 Å². The van der Waals surface area contributed by atoms with E-state index in [9.17, 15) is 9.59 Å². The zero-order valence-electron chi connectivity index (χ0n) is 14.3. The van der Waals surface area contributed by atoms with E-state index in [1.165, 1.54) is 6.92 Å². The number of hydrogen-bond donors (Lipinski definition) is 2. The molecule has 1 saturated carbocycles. The highest BCUT2D eigenvalue weighted by molar-refractivity contribution is 6.30. The third-order valence-electron chi connectivity index (χ3n) is 5.29. The van der Waals surface area contributed by atoms with Crippen LogP contribution in [0.5, 0.6) is 0 Å². The molecule has 7 heteroatoms. The van der Waals surface area contributed by atoms with Crippen LogP contribution in [-0.2, 0) is 9.59 Å². The molecule has 1 aliphatic carbocycles. The second-order valence-corrected chi connectivity index (χ2v) is 7.41. The summed E-state index contributed by atoms with van der Waals surface area (Å²) in [5.41, 5.74) is 7.04. The van der Waals surface area contributed by atoms with Crippen LogP contribution in [0.3, 0.4) is 0 Å². The number of carbonyl (C=O) groups is 2. The zero-order chi connectivity index (χ0) is 17.3. The van der Waals surface area contributed by atoms with Gasteiger partial charge in [0.25, 0.3) is 0 Å². The van der Waals surface area contributed by atoms with Crippen molar-refractivity contribution in [2.24, 2.45) is 17.6 Å². The van der Waals surface area contributed by atoms with E-state index in [4.69, 9.17) is 17.3 Å². The second-order valence-electron chi connectivity index (χ2n) is 6.97. The number of nitrogens with zero attached hydrogens (tertiary/aromatic N) is 1. The van der Waals surface area contributed by atoms with E-state index in [0.717, 1.165) is 31.5 Å². The van der Waals surface area contributed by atoms with E-state index in [2.05, 4.69) is 5.32 Å². The first-order chi connectivity index (χ1) is 11.4. The van der Waals surface area contributed by atoms with Crippen LogP contribution in [0.25, 0.3) is 0 Å². The molecule has 0 radical (unpaired) electrons. The molecular formula is C18H25Cl2N3O2. The van der Waals surface area contributed by atoms with Crippen molar-refractivity contribution >= 4 is 35.8 Å². The zero-order valence-corrected chi connectivity index (χ0v) is 15.9. The summed E-state index contributed by atoms with van der Waals surface area (Å²) >= 11 is 5.93. The monoisotopic (exact) mass is 385 g/mol. The van der Waals surface area contributed by atoms with Gasteiger partial charge < -0.3 is 16.0 Å². The lowest BCUT2D eigenvalue weighted by atomic mass is 9.98. The van der Waals surface area contributed by atoms with E-state index < -0.39 is 0 Å². The smallest absolute Gasteiger partial charge is 0.225 e. The molecule has 4 unspecified atom stereocenters. The van der Waals surface area contributed by atoms with Crippen molar-refractivity contribution in [3.63, 3.8) is 0 Å². The quantitative estimate of drug-likeness (QED) is 0.835. The van der Waals surface area contributed by atoms with Crippen LogP contribution in [0, 0.1) is 11.8 Å². The molecule has 2 amide bonds. The first-order valence-corrected chi connectivity index (χ1v) is 8.87. The molecule has 5 nitrogen and oxygen atoms in total. The number of benzene rings is 1. The predicted molar refractivity (Wildman–Crippen MR) is 101 cm³/mol. The number of likely N-dealkylation sites (tertiary alicyclic amines) is 1. The largest absolute Gasteiger partial charge is 0.349 e. The van der Waals surface area contributed by atoms with Gasteiger partial charge in [-0.25, -0.2) is 0 Å². The number of nitrogens with two attached hydrogens (primary N) is 1. The van der Waals surface area contributed by atoms with Crippen molar-refractivity contribution < 1.29 is 9.59 Å². The molecule has 0 spiro atoms. The molecule has 1 aromatic rings. The van der Waals surface area contributed by atoms with Gasteiger partial charge in [0.2, 0.25) is 11.8 Å². The van der Waals surface area contributed by atoms with E-state index >= 15 is 0 Å². The molecule has 4 atom stereocenters. The number of nitrogens with one attached hydrogen (secondary N) is 1. The molecule has 1 heterocycles. The van der Waals surface area contributed by atoms with E-state index in [1.807, 2.05) is 17.0 Å². The SMILES string of the molecule is CC(=O)NC(CC(=O)N1CC2CCC(N)C2C1)c1ccc(Cl)cc1.Cl. The van der Waals surface area contributed by atoms with Gasteiger partial charge in [-0.1, -0.05) is 23.7 Å². The molecular weight excluding hydrogens is 361 g/mol. The molecule has 1 saturated heterocycles. The van der Waals surface area contributed by atoms with Crippen LogP contribution < -0.4 is 11.1 Å². The Morgan fingerprint density at radius 2 is 1.96 bits per heavy atom. The highest BCUT2D eigenvalue weighted by atomic mass is 35.5. The number of halogens is 2. The van der Waals surface area contributed by atoms with Crippen molar-refractivity contribution in [3.8, 4) is 0 Å².